The zero-order valence-electron chi connectivity index (χ0n) is 9.36. The Balaban J connectivity index is 2.15. The number of nitrogen functional groups attached to an aromatic ring is 1. The third-order valence-corrected chi connectivity index (χ3v) is 2.34. The van der Waals surface area contributed by atoms with Gasteiger partial charge in [-0.3, -0.25) is 0 Å². The summed E-state index contributed by atoms with van der Waals surface area (Å²) in [6.45, 7) is 3.96. The molecule has 0 aliphatic rings. The second-order valence-electron chi connectivity index (χ2n) is 3.79. The monoisotopic (exact) mass is 217 g/mol. The minimum absolute atomic E-state index is 0.0486. The molecule has 2 rings (SSSR count). The Hall–Kier alpha value is -2.04. The Morgan fingerprint density at radius 2 is 2.25 bits per heavy atom. The summed E-state index contributed by atoms with van der Waals surface area (Å²) in [5.41, 5.74) is 7.57. The number of pyridine rings is 1. The van der Waals surface area contributed by atoms with Crippen molar-refractivity contribution in [3.05, 3.63) is 36.0 Å². The number of aromatic amines is 1. The lowest BCUT2D eigenvalue weighted by Gasteiger charge is -2.13. The van der Waals surface area contributed by atoms with E-state index in [4.69, 9.17) is 5.73 Å². The van der Waals surface area contributed by atoms with Crippen molar-refractivity contribution in [3.63, 3.8) is 0 Å². The van der Waals surface area contributed by atoms with Crippen LogP contribution in [0.2, 0.25) is 0 Å². The smallest absolute Gasteiger partial charge is 0.149 e. The van der Waals surface area contributed by atoms with E-state index < -0.39 is 0 Å². The molecule has 0 fully saturated rings. The topological polar surface area (TPSA) is 79.6 Å². The summed E-state index contributed by atoms with van der Waals surface area (Å²) in [4.78, 5) is 11.5. The molecule has 0 amide bonds. The molecular formula is C11H15N5. The Labute approximate surface area is 94.1 Å². The molecule has 0 aliphatic heterocycles. The van der Waals surface area contributed by atoms with Gasteiger partial charge in [0, 0.05) is 18.6 Å². The van der Waals surface area contributed by atoms with Gasteiger partial charge in [-0.2, -0.15) is 0 Å². The number of aryl methyl sites for hydroxylation is 1. The fraction of sp³-hybridized carbons (Fsp3) is 0.273. The van der Waals surface area contributed by atoms with Crippen LogP contribution in [-0.4, -0.2) is 15.0 Å². The maximum Gasteiger partial charge on any atom is 0.149 e. The number of anilines is 2. The zero-order valence-corrected chi connectivity index (χ0v) is 9.36. The van der Waals surface area contributed by atoms with Gasteiger partial charge < -0.3 is 16.0 Å². The van der Waals surface area contributed by atoms with Crippen LogP contribution in [0, 0.1) is 6.92 Å². The third-order valence-electron chi connectivity index (χ3n) is 2.34. The van der Waals surface area contributed by atoms with Crippen molar-refractivity contribution in [2.24, 2.45) is 0 Å². The number of nitrogens with two attached hydrogens (primary N) is 1. The van der Waals surface area contributed by atoms with Gasteiger partial charge in [-0.25, -0.2) is 9.97 Å². The highest BCUT2D eigenvalue weighted by molar-refractivity contribution is 5.62. The highest BCUT2D eigenvalue weighted by Gasteiger charge is 2.09. The molecule has 2 aromatic rings. The lowest BCUT2D eigenvalue weighted by atomic mass is 10.2. The normalized spacial score (nSPS) is 12.4. The van der Waals surface area contributed by atoms with Crippen molar-refractivity contribution in [1.82, 2.24) is 15.0 Å². The quantitative estimate of drug-likeness (QED) is 0.733. The van der Waals surface area contributed by atoms with E-state index in [0.29, 0.717) is 11.5 Å². The average molecular weight is 217 g/mol. The van der Waals surface area contributed by atoms with Crippen LogP contribution >= 0.6 is 0 Å². The van der Waals surface area contributed by atoms with Gasteiger partial charge in [0.05, 0.1) is 11.7 Å². The summed E-state index contributed by atoms with van der Waals surface area (Å²) in [5.74, 6) is 1.55. The van der Waals surface area contributed by atoms with E-state index in [1.54, 1.807) is 18.6 Å². The Morgan fingerprint density at radius 1 is 1.44 bits per heavy atom. The molecule has 1 atom stereocenters. The van der Waals surface area contributed by atoms with Crippen LogP contribution < -0.4 is 11.1 Å². The Kier molecular flexibility index (Phi) is 2.76. The molecule has 2 aromatic heterocycles. The number of nitrogens with zero attached hydrogens (tertiary/aromatic N) is 2. The van der Waals surface area contributed by atoms with Gasteiger partial charge in [-0.05, 0) is 25.5 Å². The molecule has 0 aromatic carbocycles. The van der Waals surface area contributed by atoms with Gasteiger partial charge in [-0.1, -0.05) is 0 Å². The van der Waals surface area contributed by atoms with Crippen molar-refractivity contribution >= 4 is 11.5 Å². The first-order chi connectivity index (χ1) is 7.66. The molecule has 0 spiro atoms. The van der Waals surface area contributed by atoms with E-state index in [-0.39, 0.29) is 6.04 Å². The van der Waals surface area contributed by atoms with Gasteiger partial charge in [0.2, 0.25) is 0 Å². The van der Waals surface area contributed by atoms with Crippen molar-refractivity contribution in [1.29, 1.82) is 0 Å². The number of rotatable bonds is 3. The first-order valence-corrected chi connectivity index (χ1v) is 5.15. The molecule has 0 saturated carbocycles. The number of H-pyrrole nitrogens is 1. The number of hydrogen-bond donors (Lipinski definition) is 3. The van der Waals surface area contributed by atoms with Crippen LogP contribution in [0.5, 0.6) is 0 Å². The maximum atomic E-state index is 5.87. The summed E-state index contributed by atoms with van der Waals surface area (Å²) in [6, 6.07) is 1.94. The van der Waals surface area contributed by atoms with Crippen molar-refractivity contribution in [2.75, 3.05) is 11.1 Å². The molecule has 1 unspecified atom stereocenters. The Morgan fingerprint density at radius 3 is 2.88 bits per heavy atom. The highest BCUT2D eigenvalue weighted by Crippen LogP contribution is 2.20. The van der Waals surface area contributed by atoms with E-state index in [0.717, 1.165) is 11.4 Å². The number of aromatic nitrogens is 3. The van der Waals surface area contributed by atoms with Gasteiger partial charge in [0.15, 0.2) is 0 Å². The van der Waals surface area contributed by atoms with Crippen LogP contribution in [0.25, 0.3) is 0 Å². The van der Waals surface area contributed by atoms with Crippen molar-refractivity contribution in [2.45, 2.75) is 19.9 Å². The van der Waals surface area contributed by atoms with Gasteiger partial charge in [0.1, 0.15) is 11.6 Å². The van der Waals surface area contributed by atoms with Crippen LogP contribution in [0.15, 0.2) is 24.7 Å². The van der Waals surface area contributed by atoms with E-state index in [1.807, 2.05) is 19.9 Å². The van der Waals surface area contributed by atoms with Crippen LogP contribution in [-0.2, 0) is 0 Å². The average Bonchev–Trinajstić information content (AvgIpc) is 2.75. The highest BCUT2D eigenvalue weighted by atomic mass is 15.1. The maximum absolute atomic E-state index is 5.87. The number of nitrogens with one attached hydrogen (secondary N) is 2. The molecule has 5 nitrogen and oxygen atoms in total. The summed E-state index contributed by atoms with van der Waals surface area (Å²) < 4.78 is 0. The zero-order chi connectivity index (χ0) is 11.5. The van der Waals surface area contributed by atoms with Gasteiger partial charge >= 0.3 is 0 Å². The third kappa shape index (κ3) is 2.13. The summed E-state index contributed by atoms with van der Waals surface area (Å²) in [7, 11) is 0. The molecule has 4 N–H and O–H groups in total. The first-order valence-electron chi connectivity index (χ1n) is 5.15. The van der Waals surface area contributed by atoms with E-state index in [2.05, 4.69) is 20.3 Å². The molecule has 0 saturated heterocycles. The summed E-state index contributed by atoms with van der Waals surface area (Å²) in [5, 5.41) is 3.21. The summed E-state index contributed by atoms with van der Waals surface area (Å²) in [6.07, 6.45) is 5.30. The van der Waals surface area contributed by atoms with Gasteiger partial charge in [-0.15, -0.1) is 0 Å². The fourth-order valence-electron chi connectivity index (χ4n) is 1.50. The standard InChI is InChI=1S/C11H15N5/c1-7-5-9(12)11(15-6-7)16-8(2)10-13-3-4-14-10/h3-6,8H,12H2,1-2H3,(H,13,14)(H,15,16). The van der Waals surface area contributed by atoms with Crippen LogP contribution in [0.1, 0.15) is 24.4 Å². The van der Waals surface area contributed by atoms with Gasteiger partial charge in [0.25, 0.3) is 0 Å². The molecule has 84 valence electrons. The van der Waals surface area contributed by atoms with E-state index >= 15 is 0 Å². The second-order valence-corrected chi connectivity index (χ2v) is 3.79. The Bertz CT molecular complexity index is 463. The lowest BCUT2D eigenvalue weighted by Crippen LogP contribution is -2.11. The molecular weight excluding hydrogens is 202 g/mol. The molecule has 0 radical (unpaired) electrons. The molecule has 0 aliphatic carbocycles. The molecule has 2 heterocycles. The molecule has 0 bridgehead atoms. The molecule has 5 heteroatoms. The minimum atomic E-state index is 0.0486. The van der Waals surface area contributed by atoms with E-state index in [9.17, 15) is 0 Å². The fourth-order valence-corrected chi connectivity index (χ4v) is 1.50. The first kappa shape index (κ1) is 10.5. The number of imidazole rings is 1. The number of hydrogen-bond acceptors (Lipinski definition) is 4. The summed E-state index contributed by atoms with van der Waals surface area (Å²) >= 11 is 0. The second kappa shape index (κ2) is 4.22. The largest absolute Gasteiger partial charge is 0.396 e. The SMILES string of the molecule is Cc1cnc(NC(C)c2ncc[nH]2)c(N)c1. The van der Waals surface area contributed by atoms with Crippen LogP contribution in [0.4, 0.5) is 11.5 Å². The predicted octanol–water partition coefficient (Wildman–Crippen LogP) is 1.87. The molecule has 16 heavy (non-hydrogen) atoms. The van der Waals surface area contributed by atoms with Crippen LogP contribution in [0.3, 0.4) is 0 Å². The van der Waals surface area contributed by atoms with E-state index in [1.165, 1.54) is 0 Å². The lowest BCUT2D eigenvalue weighted by molar-refractivity contribution is 0.804. The minimum Gasteiger partial charge on any atom is -0.396 e. The predicted molar refractivity (Wildman–Crippen MR) is 64.0 cm³/mol. The van der Waals surface area contributed by atoms with Crippen molar-refractivity contribution < 1.29 is 0 Å². The van der Waals surface area contributed by atoms with Crippen molar-refractivity contribution in [3.8, 4) is 0 Å².